The van der Waals surface area contributed by atoms with Crippen molar-refractivity contribution in [1.29, 1.82) is 0 Å². The Balaban J connectivity index is 3.23. The Morgan fingerprint density at radius 1 is 1.35 bits per heavy atom. The maximum absolute atomic E-state index is 10.8. The van der Waals surface area contributed by atoms with Crippen LogP contribution in [-0.2, 0) is 0 Å². The number of aliphatic imine (C=N–C) groups is 2. The van der Waals surface area contributed by atoms with E-state index in [4.69, 9.17) is 17.2 Å². The number of nitrogens with two attached hydrogens (primary N) is 3. The molecule has 0 unspecified atom stereocenters. The fourth-order valence-corrected chi connectivity index (χ4v) is 1.49. The van der Waals surface area contributed by atoms with Crippen molar-refractivity contribution in [3.63, 3.8) is 0 Å². The van der Waals surface area contributed by atoms with Crippen LogP contribution >= 0.6 is 22.6 Å². The van der Waals surface area contributed by atoms with Gasteiger partial charge in [0, 0.05) is 9.64 Å². The van der Waals surface area contributed by atoms with Crippen molar-refractivity contribution in [2.75, 3.05) is 0 Å². The molecule has 6 N–H and O–H groups in total. The predicted molar refractivity (Wildman–Crippen MR) is 72.9 cm³/mol. The number of nitrogens with zero attached hydrogens (tertiary/aromatic N) is 3. The third-order valence-electron chi connectivity index (χ3n) is 1.61. The van der Waals surface area contributed by atoms with Crippen LogP contribution in [-0.4, -0.2) is 16.8 Å². The van der Waals surface area contributed by atoms with E-state index in [1.54, 1.807) is 6.07 Å². The van der Waals surface area contributed by atoms with Gasteiger partial charge < -0.3 is 17.2 Å². The molecule has 1 aromatic rings. The lowest BCUT2D eigenvalue weighted by atomic mass is 10.3. The molecule has 17 heavy (non-hydrogen) atoms. The first kappa shape index (κ1) is 13.2. The molecule has 0 bridgehead atoms. The Bertz CT molecular complexity index is 509. The van der Waals surface area contributed by atoms with Crippen molar-refractivity contribution in [1.82, 2.24) is 0 Å². The van der Waals surface area contributed by atoms with Gasteiger partial charge in [0.2, 0.25) is 5.96 Å². The zero-order valence-corrected chi connectivity index (χ0v) is 10.7. The highest BCUT2D eigenvalue weighted by Crippen LogP contribution is 2.28. The van der Waals surface area contributed by atoms with Crippen LogP contribution in [0.5, 0.6) is 0 Å². The average molecular weight is 348 g/mol. The fourth-order valence-electron chi connectivity index (χ4n) is 1.02. The lowest BCUT2D eigenvalue weighted by molar-refractivity contribution is -0.384. The lowest BCUT2D eigenvalue weighted by Gasteiger charge is -1.99. The summed E-state index contributed by atoms with van der Waals surface area (Å²) in [4.78, 5) is 17.5. The molecular formula is C8H9IN6O2. The van der Waals surface area contributed by atoms with E-state index in [2.05, 4.69) is 9.98 Å². The summed E-state index contributed by atoms with van der Waals surface area (Å²) in [6, 6.07) is 4.51. The van der Waals surface area contributed by atoms with E-state index in [0.717, 1.165) is 0 Å². The lowest BCUT2D eigenvalue weighted by Crippen LogP contribution is -2.26. The minimum atomic E-state index is -0.552. The number of hydrogen-bond donors (Lipinski definition) is 3. The van der Waals surface area contributed by atoms with Crippen LogP contribution in [0.1, 0.15) is 0 Å². The second-order valence-corrected chi connectivity index (χ2v) is 4.14. The second-order valence-electron chi connectivity index (χ2n) is 2.90. The summed E-state index contributed by atoms with van der Waals surface area (Å²) in [5.74, 6) is -0.506. The topological polar surface area (TPSA) is 146 Å². The molecule has 0 saturated carbocycles. The van der Waals surface area contributed by atoms with Crippen LogP contribution < -0.4 is 17.2 Å². The minimum absolute atomic E-state index is 0.0953. The van der Waals surface area contributed by atoms with Crippen LogP contribution in [0.4, 0.5) is 11.4 Å². The smallest absolute Gasteiger partial charge is 0.296 e. The molecule has 8 nitrogen and oxygen atoms in total. The summed E-state index contributed by atoms with van der Waals surface area (Å²) in [7, 11) is 0. The standard InChI is InChI=1S/C8H9IN6O2/c9-4-1-2-5(6(3-4)15(16)17)13-8(12)14-7(10)11/h1-3H,(H6,10,11,12,13,14). The molecule has 0 aliphatic rings. The molecule has 0 saturated heterocycles. The van der Waals surface area contributed by atoms with Gasteiger partial charge in [0.15, 0.2) is 5.96 Å². The van der Waals surface area contributed by atoms with Gasteiger partial charge in [-0.3, -0.25) is 10.1 Å². The molecular weight excluding hydrogens is 339 g/mol. The summed E-state index contributed by atoms with van der Waals surface area (Å²) in [6.07, 6.45) is 0. The Morgan fingerprint density at radius 3 is 2.53 bits per heavy atom. The maximum Gasteiger partial charge on any atom is 0.296 e. The van der Waals surface area contributed by atoms with Crippen molar-refractivity contribution in [2.24, 2.45) is 27.2 Å². The molecule has 1 rings (SSSR count). The first-order valence-electron chi connectivity index (χ1n) is 4.28. The summed E-state index contributed by atoms with van der Waals surface area (Å²) in [5, 5.41) is 10.8. The van der Waals surface area contributed by atoms with E-state index in [1.807, 2.05) is 22.6 Å². The van der Waals surface area contributed by atoms with Gasteiger partial charge in [0.25, 0.3) is 5.69 Å². The van der Waals surface area contributed by atoms with Crippen LogP contribution in [0.15, 0.2) is 28.2 Å². The van der Waals surface area contributed by atoms with Gasteiger partial charge in [-0.2, -0.15) is 4.99 Å². The second kappa shape index (κ2) is 5.43. The van der Waals surface area contributed by atoms with Gasteiger partial charge in [-0.05, 0) is 34.7 Å². The summed E-state index contributed by atoms with van der Waals surface area (Å²) < 4.78 is 0.716. The van der Waals surface area contributed by atoms with E-state index in [9.17, 15) is 10.1 Å². The van der Waals surface area contributed by atoms with Crippen molar-refractivity contribution in [2.45, 2.75) is 0 Å². The summed E-state index contributed by atoms with van der Waals surface area (Å²) >= 11 is 1.96. The average Bonchev–Trinajstić information content (AvgIpc) is 2.19. The summed E-state index contributed by atoms with van der Waals surface area (Å²) in [5.41, 5.74) is 15.5. The number of hydrogen-bond acceptors (Lipinski definition) is 3. The van der Waals surface area contributed by atoms with Gasteiger partial charge in [-0.25, -0.2) is 4.99 Å². The number of halogens is 1. The zero-order chi connectivity index (χ0) is 13.0. The Labute approximate surface area is 110 Å². The normalized spacial score (nSPS) is 11.0. The van der Waals surface area contributed by atoms with Gasteiger partial charge >= 0.3 is 0 Å². The van der Waals surface area contributed by atoms with E-state index in [0.29, 0.717) is 3.57 Å². The van der Waals surface area contributed by atoms with Crippen molar-refractivity contribution < 1.29 is 4.92 Å². The number of rotatable bonds is 2. The van der Waals surface area contributed by atoms with E-state index in [-0.39, 0.29) is 23.3 Å². The fraction of sp³-hybridized carbons (Fsp3) is 0. The first-order chi connectivity index (χ1) is 7.90. The first-order valence-corrected chi connectivity index (χ1v) is 5.35. The number of nitro groups is 1. The third-order valence-corrected chi connectivity index (χ3v) is 2.28. The van der Waals surface area contributed by atoms with Gasteiger partial charge in [-0.1, -0.05) is 0 Å². The summed E-state index contributed by atoms with van der Waals surface area (Å²) in [6.45, 7) is 0. The molecule has 1 aromatic carbocycles. The maximum atomic E-state index is 10.8. The highest BCUT2D eigenvalue weighted by molar-refractivity contribution is 14.1. The van der Waals surface area contributed by atoms with E-state index < -0.39 is 4.92 Å². The highest BCUT2D eigenvalue weighted by Gasteiger charge is 2.13. The van der Waals surface area contributed by atoms with E-state index in [1.165, 1.54) is 12.1 Å². The Morgan fingerprint density at radius 2 is 2.00 bits per heavy atom. The molecule has 9 heteroatoms. The van der Waals surface area contributed by atoms with Crippen molar-refractivity contribution in [3.05, 3.63) is 31.9 Å². The SMILES string of the molecule is NC(N)=NC(N)=Nc1ccc(I)cc1[N+](=O)[O-]. The number of guanidine groups is 2. The molecule has 0 aromatic heterocycles. The molecule has 0 fully saturated rings. The van der Waals surface area contributed by atoms with Crippen LogP contribution in [0.2, 0.25) is 0 Å². The third kappa shape index (κ3) is 3.86. The van der Waals surface area contributed by atoms with Crippen molar-refractivity contribution >= 4 is 45.9 Å². The minimum Gasteiger partial charge on any atom is -0.370 e. The molecule has 0 atom stereocenters. The van der Waals surface area contributed by atoms with Crippen LogP contribution in [0, 0.1) is 13.7 Å². The number of nitro benzene ring substituents is 1. The Hall–Kier alpha value is -1.91. The predicted octanol–water partition coefficient (Wildman–Crippen LogP) is 0.419. The molecule has 0 amide bonds. The van der Waals surface area contributed by atoms with Gasteiger partial charge in [0.1, 0.15) is 5.69 Å². The number of benzene rings is 1. The molecule has 0 aliphatic carbocycles. The largest absolute Gasteiger partial charge is 0.370 e. The molecule has 0 heterocycles. The Kier molecular flexibility index (Phi) is 4.20. The molecule has 90 valence electrons. The monoisotopic (exact) mass is 348 g/mol. The molecule has 0 radical (unpaired) electrons. The van der Waals surface area contributed by atoms with Gasteiger partial charge in [-0.15, -0.1) is 0 Å². The molecule has 0 spiro atoms. The van der Waals surface area contributed by atoms with Crippen LogP contribution in [0.3, 0.4) is 0 Å². The molecule has 0 aliphatic heterocycles. The quantitative estimate of drug-likeness (QED) is 0.233. The highest BCUT2D eigenvalue weighted by atomic mass is 127. The van der Waals surface area contributed by atoms with Crippen molar-refractivity contribution in [3.8, 4) is 0 Å². The van der Waals surface area contributed by atoms with Crippen LogP contribution in [0.25, 0.3) is 0 Å². The van der Waals surface area contributed by atoms with E-state index >= 15 is 0 Å². The zero-order valence-electron chi connectivity index (χ0n) is 8.50. The van der Waals surface area contributed by atoms with Gasteiger partial charge in [0.05, 0.1) is 4.92 Å².